The van der Waals surface area contributed by atoms with Crippen molar-refractivity contribution in [2.75, 3.05) is 18.4 Å². The van der Waals surface area contributed by atoms with Crippen LogP contribution in [0.2, 0.25) is 0 Å². The highest BCUT2D eigenvalue weighted by atomic mass is 32.2. The summed E-state index contributed by atoms with van der Waals surface area (Å²) in [5.74, 6) is -0.467. The van der Waals surface area contributed by atoms with Gasteiger partial charge in [-0.05, 0) is 36.7 Å². The lowest BCUT2D eigenvalue weighted by molar-refractivity contribution is 0.593. The number of benzene rings is 1. The second-order valence-corrected chi connectivity index (χ2v) is 7.13. The third-order valence-electron chi connectivity index (χ3n) is 2.85. The molecule has 1 heterocycles. The van der Waals surface area contributed by atoms with E-state index in [1.54, 1.807) is 24.6 Å². The maximum atomic E-state index is 13.2. The van der Waals surface area contributed by atoms with Gasteiger partial charge in [0.25, 0.3) is 10.0 Å². The number of nitrogens with zero attached hydrogens (tertiary/aromatic N) is 1. The van der Waals surface area contributed by atoms with Crippen LogP contribution in [0.15, 0.2) is 40.6 Å². The van der Waals surface area contributed by atoms with Crippen LogP contribution in [0.3, 0.4) is 0 Å². The first-order chi connectivity index (χ1) is 9.46. The summed E-state index contributed by atoms with van der Waals surface area (Å²) in [7, 11) is -0.503. The van der Waals surface area contributed by atoms with Gasteiger partial charge in [0.15, 0.2) is 0 Å². The zero-order chi connectivity index (χ0) is 14.8. The number of rotatable bonds is 5. The summed E-state index contributed by atoms with van der Waals surface area (Å²) in [6, 6.07) is 7.09. The largest absolute Gasteiger partial charge is 0.315 e. The maximum absolute atomic E-state index is 13.2. The lowest BCUT2D eigenvalue weighted by Gasteiger charge is -2.19. The van der Waals surface area contributed by atoms with Crippen molar-refractivity contribution in [2.24, 2.45) is 0 Å². The van der Waals surface area contributed by atoms with E-state index in [-0.39, 0.29) is 4.90 Å². The normalized spacial score (nSPS) is 11.6. The second-order valence-electron chi connectivity index (χ2n) is 4.19. The average Bonchev–Trinajstić information content (AvgIpc) is 2.87. The molecule has 0 saturated carbocycles. The van der Waals surface area contributed by atoms with Crippen LogP contribution < -0.4 is 9.62 Å². The first-order valence-corrected chi connectivity index (χ1v) is 8.24. The highest BCUT2D eigenvalue weighted by Crippen LogP contribution is 2.28. The molecule has 0 saturated heterocycles. The first-order valence-electron chi connectivity index (χ1n) is 5.92. The van der Waals surface area contributed by atoms with Crippen molar-refractivity contribution >= 4 is 27.0 Å². The standard InChI is InChI=1S/C13H15FN2O2S2/c1-15-9-12-13(6-7-19-12)20(17,18)16(2)11-5-3-4-10(14)8-11/h3-8,15H,9H2,1-2H3. The van der Waals surface area contributed by atoms with E-state index in [0.717, 1.165) is 9.18 Å². The van der Waals surface area contributed by atoms with E-state index in [0.29, 0.717) is 12.2 Å². The SMILES string of the molecule is CNCc1sccc1S(=O)(=O)N(C)c1cccc(F)c1. The summed E-state index contributed by atoms with van der Waals surface area (Å²) in [4.78, 5) is 0.986. The van der Waals surface area contributed by atoms with Crippen molar-refractivity contribution in [1.82, 2.24) is 5.32 Å². The van der Waals surface area contributed by atoms with E-state index in [2.05, 4.69) is 5.32 Å². The molecule has 1 aromatic heterocycles. The Morgan fingerprint density at radius 1 is 1.35 bits per heavy atom. The van der Waals surface area contributed by atoms with Gasteiger partial charge in [-0.2, -0.15) is 0 Å². The van der Waals surface area contributed by atoms with Crippen molar-refractivity contribution in [1.29, 1.82) is 0 Å². The summed E-state index contributed by atoms with van der Waals surface area (Å²) in [6.45, 7) is 0.475. The van der Waals surface area contributed by atoms with Crippen LogP contribution in [0.5, 0.6) is 0 Å². The molecule has 1 N–H and O–H groups in total. The van der Waals surface area contributed by atoms with E-state index < -0.39 is 15.8 Å². The lowest BCUT2D eigenvalue weighted by atomic mass is 10.3. The number of sulfonamides is 1. The fourth-order valence-electron chi connectivity index (χ4n) is 1.81. The molecule has 2 aromatic rings. The molecule has 0 aliphatic carbocycles. The minimum Gasteiger partial charge on any atom is -0.315 e. The highest BCUT2D eigenvalue weighted by Gasteiger charge is 2.25. The topological polar surface area (TPSA) is 49.4 Å². The van der Waals surface area contributed by atoms with Gasteiger partial charge in [0.2, 0.25) is 0 Å². The van der Waals surface area contributed by atoms with Crippen molar-refractivity contribution in [2.45, 2.75) is 11.4 Å². The van der Waals surface area contributed by atoms with Crippen LogP contribution >= 0.6 is 11.3 Å². The minimum absolute atomic E-state index is 0.253. The third-order valence-corrected chi connectivity index (χ3v) is 5.77. The quantitative estimate of drug-likeness (QED) is 0.922. The van der Waals surface area contributed by atoms with E-state index >= 15 is 0 Å². The number of halogens is 1. The molecule has 0 fully saturated rings. The molecule has 0 bridgehead atoms. The molecule has 20 heavy (non-hydrogen) atoms. The predicted molar refractivity (Wildman–Crippen MR) is 79.1 cm³/mol. The summed E-state index contributed by atoms with van der Waals surface area (Å²) < 4.78 is 39.5. The van der Waals surface area contributed by atoms with Crippen LogP contribution in [0.4, 0.5) is 10.1 Å². The van der Waals surface area contributed by atoms with Crippen molar-refractivity contribution in [3.8, 4) is 0 Å². The average molecular weight is 314 g/mol. The van der Waals surface area contributed by atoms with Crippen LogP contribution in [-0.4, -0.2) is 22.5 Å². The summed E-state index contributed by atoms with van der Waals surface area (Å²) in [6.07, 6.45) is 0. The molecule has 0 aliphatic rings. The Hall–Kier alpha value is -1.44. The molecule has 1 aromatic carbocycles. The molecular formula is C13H15FN2O2S2. The maximum Gasteiger partial charge on any atom is 0.265 e. The molecule has 0 unspecified atom stereocenters. The molecule has 7 heteroatoms. The number of nitrogens with one attached hydrogen (secondary N) is 1. The molecular weight excluding hydrogens is 299 g/mol. The Bertz CT molecular complexity index is 698. The van der Waals surface area contributed by atoms with Gasteiger partial charge in [0.05, 0.1) is 5.69 Å². The molecule has 0 spiro atoms. The van der Waals surface area contributed by atoms with E-state index in [1.807, 2.05) is 0 Å². The Labute approximate surface area is 121 Å². The van der Waals surface area contributed by atoms with Gasteiger partial charge in [-0.15, -0.1) is 11.3 Å². The molecule has 0 atom stereocenters. The van der Waals surface area contributed by atoms with Crippen LogP contribution in [-0.2, 0) is 16.6 Å². The lowest BCUT2D eigenvalue weighted by Crippen LogP contribution is -2.27. The van der Waals surface area contributed by atoms with Gasteiger partial charge in [-0.25, -0.2) is 12.8 Å². The molecule has 4 nitrogen and oxygen atoms in total. The summed E-state index contributed by atoms with van der Waals surface area (Å²) in [5.41, 5.74) is 0.298. The summed E-state index contributed by atoms with van der Waals surface area (Å²) >= 11 is 1.37. The fraction of sp³-hybridized carbons (Fsp3) is 0.231. The van der Waals surface area contributed by atoms with Gasteiger partial charge in [-0.1, -0.05) is 6.07 Å². The molecule has 108 valence electrons. The molecule has 2 rings (SSSR count). The molecule has 0 aliphatic heterocycles. The smallest absolute Gasteiger partial charge is 0.265 e. The van der Waals surface area contributed by atoms with Gasteiger partial charge in [0.1, 0.15) is 10.7 Å². The Balaban J connectivity index is 2.41. The van der Waals surface area contributed by atoms with Crippen molar-refractivity contribution in [3.63, 3.8) is 0 Å². The second kappa shape index (κ2) is 5.90. The van der Waals surface area contributed by atoms with Crippen LogP contribution in [0, 0.1) is 5.82 Å². The number of hydrogen-bond acceptors (Lipinski definition) is 4. The Morgan fingerprint density at radius 3 is 2.75 bits per heavy atom. The molecule has 0 amide bonds. The number of anilines is 1. The summed E-state index contributed by atoms with van der Waals surface area (Å²) in [5, 5.41) is 4.67. The van der Waals surface area contributed by atoms with Crippen molar-refractivity contribution < 1.29 is 12.8 Å². The van der Waals surface area contributed by atoms with E-state index in [1.165, 1.54) is 36.6 Å². The third kappa shape index (κ3) is 2.84. The molecule has 0 radical (unpaired) electrons. The predicted octanol–water partition coefficient (Wildman–Crippen LogP) is 2.43. The van der Waals surface area contributed by atoms with Crippen molar-refractivity contribution in [3.05, 3.63) is 46.4 Å². The monoisotopic (exact) mass is 314 g/mol. The Kier molecular flexibility index (Phi) is 4.42. The highest BCUT2D eigenvalue weighted by molar-refractivity contribution is 7.93. The van der Waals surface area contributed by atoms with E-state index in [9.17, 15) is 12.8 Å². The number of hydrogen-bond donors (Lipinski definition) is 1. The minimum atomic E-state index is -3.68. The van der Waals surface area contributed by atoms with Crippen LogP contribution in [0.1, 0.15) is 4.88 Å². The van der Waals surface area contributed by atoms with Gasteiger partial charge < -0.3 is 5.32 Å². The number of thiophene rings is 1. The Morgan fingerprint density at radius 2 is 2.10 bits per heavy atom. The van der Waals surface area contributed by atoms with E-state index in [4.69, 9.17) is 0 Å². The zero-order valence-corrected chi connectivity index (χ0v) is 12.8. The first kappa shape index (κ1) is 15.0. The zero-order valence-electron chi connectivity index (χ0n) is 11.1. The van der Waals surface area contributed by atoms with Gasteiger partial charge in [0, 0.05) is 18.5 Å². The van der Waals surface area contributed by atoms with Gasteiger partial charge in [-0.3, -0.25) is 4.31 Å². The fourth-order valence-corrected chi connectivity index (χ4v) is 4.42. The van der Waals surface area contributed by atoms with Gasteiger partial charge >= 0.3 is 0 Å². The van der Waals surface area contributed by atoms with Crippen LogP contribution in [0.25, 0.3) is 0 Å².